The van der Waals surface area contributed by atoms with Crippen molar-refractivity contribution in [3.63, 3.8) is 0 Å². The number of hydrogen-bond donors (Lipinski definition) is 1. The molecular formula is C15H18N2O3. The minimum absolute atomic E-state index is 0.223. The summed E-state index contributed by atoms with van der Waals surface area (Å²) in [6, 6.07) is 7.38. The van der Waals surface area contributed by atoms with Crippen molar-refractivity contribution in [3.05, 3.63) is 41.7 Å². The van der Waals surface area contributed by atoms with Gasteiger partial charge < -0.3 is 9.84 Å². The first-order valence-corrected chi connectivity index (χ1v) is 6.31. The van der Waals surface area contributed by atoms with Gasteiger partial charge in [-0.05, 0) is 12.1 Å². The van der Waals surface area contributed by atoms with Crippen molar-refractivity contribution >= 4 is 5.97 Å². The number of carboxylic acids is 1. The van der Waals surface area contributed by atoms with E-state index in [1.54, 1.807) is 11.8 Å². The molecule has 1 N–H and O–H groups in total. The first kappa shape index (κ1) is 14.1. The molecule has 2 rings (SSSR count). The molecule has 0 radical (unpaired) electrons. The second-order valence-electron chi connectivity index (χ2n) is 5.58. The SMILES string of the molecule is COc1cccc(-n2ncc(C(=O)O)c2C(C)(C)C)c1. The molecule has 0 saturated carbocycles. The number of rotatable bonds is 3. The lowest BCUT2D eigenvalue weighted by molar-refractivity contribution is 0.0694. The summed E-state index contributed by atoms with van der Waals surface area (Å²) in [6.07, 6.45) is 1.39. The summed E-state index contributed by atoms with van der Waals surface area (Å²) in [7, 11) is 1.59. The van der Waals surface area contributed by atoms with Gasteiger partial charge in [0.15, 0.2) is 0 Å². The van der Waals surface area contributed by atoms with Crippen molar-refractivity contribution in [1.82, 2.24) is 9.78 Å². The lowest BCUT2D eigenvalue weighted by Gasteiger charge is -2.21. The Morgan fingerprint density at radius 3 is 2.60 bits per heavy atom. The van der Waals surface area contributed by atoms with Crippen LogP contribution in [-0.4, -0.2) is 28.0 Å². The second kappa shape index (κ2) is 5.00. The van der Waals surface area contributed by atoms with Crippen LogP contribution in [0.3, 0.4) is 0 Å². The van der Waals surface area contributed by atoms with Gasteiger partial charge in [-0.25, -0.2) is 9.48 Å². The summed E-state index contributed by atoms with van der Waals surface area (Å²) >= 11 is 0. The summed E-state index contributed by atoms with van der Waals surface area (Å²) in [5.74, 6) is -0.265. The van der Waals surface area contributed by atoms with Gasteiger partial charge in [0.1, 0.15) is 11.3 Å². The highest BCUT2D eigenvalue weighted by Gasteiger charge is 2.27. The molecular weight excluding hydrogens is 256 g/mol. The molecule has 0 bridgehead atoms. The molecule has 0 aliphatic heterocycles. The number of nitrogens with zero attached hydrogens (tertiary/aromatic N) is 2. The van der Waals surface area contributed by atoms with E-state index in [1.165, 1.54) is 6.20 Å². The highest BCUT2D eigenvalue weighted by atomic mass is 16.5. The summed E-state index contributed by atoms with van der Waals surface area (Å²) in [5, 5.41) is 13.5. The molecule has 0 unspecified atom stereocenters. The minimum Gasteiger partial charge on any atom is -0.497 e. The number of carboxylic acid groups (broad SMARTS) is 1. The fourth-order valence-electron chi connectivity index (χ4n) is 2.16. The van der Waals surface area contributed by atoms with Gasteiger partial charge in [0.05, 0.1) is 24.7 Å². The van der Waals surface area contributed by atoms with E-state index in [4.69, 9.17) is 4.74 Å². The van der Waals surface area contributed by atoms with Crippen LogP contribution in [0.15, 0.2) is 30.5 Å². The Labute approximate surface area is 117 Å². The highest BCUT2D eigenvalue weighted by molar-refractivity contribution is 5.89. The zero-order valence-corrected chi connectivity index (χ0v) is 12.0. The van der Waals surface area contributed by atoms with Crippen LogP contribution < -0.4 is 4.74 Å². The number of methoxy groups -OCH3 is 1. The normalized spacial score (nSPS) is 11.4. The smallest absolute Gasteiger partial charge is 0.339 e. The molecule has 5 heteroatoms. The summed E-state index contributed by atoms with van der Waals surface area (Å²) < 4.78 is 6.86. The second-order valence-corrected chi connectivity index (χ2v) is 5.58. The fourth-order valence-corrected chi connectivity index (χ4v) is 2.16. The summed E-state index contributed by atoms with van der Waals surface area (Å²) in [4.78, 5) is 11.4. The number of carbonyl (C=O) groups is 1. The van der Waals surface area contributed by atoms with Gasteiger partial charge in [-0.15, -0.1) is 0 Å². The first-order valence-electron chi connectivity index (χ1n) is 6.31. The minimum atomic E-state index is -0.968. The maximum Gasteiger partial charge on any atom is 0.339 e. The lowest BCUT2D eigenvalue weighted by atomic mass is 9.89. The van der Waals surface area contributed by atoms with Crippen molar-refractivity contribution in [2.24, 2.45) is 0 Å². The Hall–Kier alpha value is -2.30. The molecule has 0 fully saturated rings. The van der Waals surface area contributed by atoms with Crippen molar-refractivity contribution in [3.8, 4) is 11.4 Å². The molecule has 0 atom stereocenters. The van der Waals surface area contributed by atoms with Crippen LogP contribution in [-0.2, 0) is 5.41 Å². The molecule has 0 aliphatic rings. The molecule has 0 spiro atoms. The topological polar surface area (TPSA) is 64.4 Å². The summed E-state index contributed by atoms with van der Waals surface area (Å²) in [6.45, 7) is 5.90. The van der Waals surface area contributed by atoms with Gasteiger partial charge >= 0.3 is 5.97 Å². The fraction of sp³-hybridized carbons (Fsp3) is 0.333. The monoisotopic (exact) mass is 274 g/mol. The van der Waals surface area contributed by atoms with E-state index in [9.17, 15) is 9.90 Å². The maximum absolute atomic E-state index is 11.4. The van der Waals surface area contributed by atoms with Crippen molar-refractivity contribution in [1.29, 1.82) is 0 Å². The molecule has 5 nitrogen and oxygen atoms in total. The number of benzene rings is 1. The number of aromatic nitrogens is 2. The molecule has 1 aromatic carbocycles. The van der Waals surface area contributed by atoms with Crippen molar-refractivity contribution in [2.75, 3.05) is 7.11 Å². The molecule has 20 heavy (non-hydrogen) atoms. The molecule has 0 saturated heterocycles. The van der Waals surface area contributed by atoms with E-state index in [2.05, 4.69) is 5.10 Å². The van der Waals surface area contributed by atoms with Gasteiger partial charge in [-0.3, -0.25) is 0 Å². The summed E-state index contributed by atoms with van der Waals surface area (Å²) in [5.41, 5.74) is 1.33. The van der Waals surface area contributed by atoms with E-state index in [0.717, 1.165) is 5.69 Å². The van der Waals surface area contributed by atoms with E-state index in [1.807, 2.05) is 45.0 Å². The van der Waals surface area contributed by atoms with Gasteiger partial charge in [0.25, 0.3) is 0 Å². The molecule has 0 amide bonds. The Balaban J connectivity index is 2.65. The Bertz CT molecular complexity index is 639. The maximum atomic E-state index is 11.4. The van der Waals surface area contributed by atoms with Gasteiger partial charge in [0.2, 0.25) is 0 Å². The third-order valence-electron chi connectivity index (χ3n) is 3.01. The number of ether oxygens (including phenoxy) is 1. The Kier molecular flexibility index (Phi) is 3.53. The molecule has 1 aromatic heterocycles. The Morgan fingerprint density at radius 2 is 2.05 bits per heavy atom. The van der Waals surface area contributed by atoms with Gasteiger partial charge in [0, 0.05) is 11.5 Å². The van der Waals surface area contributed by atoms with E-state index in [-0.39, 0.29) is 11.0 Å². The average Bonchev–Trinajstić information content (AvgIpc) is 2.83. The largest absolute Gasteiger partial charge is 0.497 e. The standard InChI is InChI=1S/C15H18N2O3/c1-15(2,3)13-12(14(18)19)9-16-17(13)10-6-5-7-11(8-10)20-4/h5-9H,1-4H3,(H,18,19). The Morgan fingerprint density at radius 1 is 1.35 bits per heavy atom. The quantitative estimate of drug-likeness (QED) is 0.934. The highest BCUT2D eigenvalue weighted by Crippen LogP contribution is 2.29. The van der Waals surface area contributed by atoms with Crippen LogP contribution in [0.4, 0.5) is 0 Å². The predicted molar refractivity (Wildman–Crippen MR) is 75.8 cm³/mol. The molecule has 2 aromatic rings. The predicted octanol–water partition coefficient (Wildman–Crippen LogP) is 2.88. The third-order valence-corrected chi connectivity index (χ3v) is 3.01. The molecule has 0 aliphatic carbocycles. The van der Waals surface area contributed by atoms with E-state index in [0.29, 0.717) is 11.4 Å². The van der Waals surface area contributed by atoms with Crippen LogP contribution >= 0.6 is 0 Å². The first-order chi connectivity index (χ1) is 9.34. The molecule has 106 valence electrons. The van der Waals surface area contributed by atoms with Crippen molar-refractivity contribution in [2.45, 2.75) is 26.2 Å². The lowest BCUT2D eigenvalue weighted by Crippen LogP contribution is -2.21. The average molecular weight is 274 g/mol. The van der Waals surface area contributed by atoms with Gasteiger partial charge in [-0.1, -0.05) is 26.8 Å². The number of aromatic carboxylic acids is 1. The van der Waals surface area contributed by atoms with Gasteiger partial charge in [-0.2, -0.15) is 5.10 Å². The zero-order valence-electron chi connectivity index (χ0n) is 12.0. The van der Waals surface area contributed by atoms with Crippen LogP contribution in [0.2, 0.25) is 0 Å². The van der Waals surface area contributed by atoms with Crippen LogP contribution in [0.1, 0.15) is 36.8 Å². The van der Waals surface area contributed by atoms with Crippen LogP contribution in [0.5, 0.6) is 5.75 Å². The number of hydrogen-bond acceptors (Lipinski definition) is 3. The van der Waals surface area contributed by atoms with E-state index >= 15 is 0 Å². The van der Waals surface area contributed by atoms with Crippen LogP contribution in [0, 0.1) is 0 Å². The van der Waals surface area contributed by atoms with Crippen molar-refractivity contribution < 1.29 is 14.6 Å². The third kappa shape index (κ3) is 2.52. The molecule has 1 heterocycles. The van der Waals surface area contributed by atoms with Crippen LogP contribution in [0.25, 0.3) is 5.69 Å². The van der Waals surface area contributed by atoms with E-state index < -0.39 is 5.97 Å². The zero-order chi connectivity index (χ0) is 14.9.